The molecule has 0 aliphatic carbocycles. The molecule has 2 rings (SSSR count). The molecule has 1 atom stereocenters. The monoisotopic (exact) mass is 323 g/mol. The summed E-state index contributed by atoms with van der Waals surface area (Å²) in [7, 11) is 0. The number of carbonyl (C=O) groups is 1. The highest BCUT2D eigenvalue weighted by Crippen LogP contribution is 2.26. The lowest BCUT2D eigenvalue weighted by Gasteiger charge is -2.13. The lowest BCUT2D eigenvalue weighted by molar-refractivity contribution is -0.117. The van der Waals surface area contributed by atoms with Gasteiger partial charge in [-0.2, -0.15) is 4.98 Å². The van der Waals surface area contributed by atoms with Gasteiger partial charge in [-0.25, -0.2) is 4.98 Å². The molecule has 1 unspecified atom stereocenters. The minimum atomic E-state index is -0.0101. The van der Waals surface area contributed by atoms with Gasteiger partial charge in [0, 0.05) is 25.0 Å². The van der Waals surface area contributed by atoms with Crippen LogP contribution in [0, 0.1) is 5.92 Å². The molecule has 1 aromatic heterocycles. The van der Waals surface area contributed by atoms with Gasteiger partial charge in [0.2, 0.25) is 11.9 Å². The van der Waals surface area contributed by atoms with Crippen molar-refractivity contribution in [3.05, 3.63) is 15.8 Å². The lowest BCUT2D eigenvalue weighted by atomic mass is 10.2. The van der Waals surface area contributed by atoms with Gasteiger partial charge in [0.1, 0.15) is 5.15 Å². The van der Waals surface area contributed by atoms with Gasteiger partial charge in [0.05, 0.1) is 4.47 Å². The summed E-state index contributed by atoms with van der Waals surface area (Å²) in [6, 6.07) is 0. The van der Waals surface area contributed by atoms with Crippen molar-refractivity contribution in [3.8, 4) is 0 Å². The third-order valence-corrected chi connectivity index (χ3v) is 3.89. The molecule has 0 N–H and O–H groups in total. The number of carbonyl (C=O) groups excluding carboxylic acids is 1. The number of amides is 1. The van der Waals surface area contributed by atoms with Gasteiger partial charge in [0.15, 0.2) is 0 Å². The van der Waals surface area contributed by atoms with E-state index in [1.807, 2.05) is 0 Å². The maximum Gasteiger partial charge on any atom is 0.233 e. The fraction of sp³-hybridized carbons (Fsp3) is 0.444. The molecule has 16 heavy (non-hydrogen) atoms. The second-order valence-corrected chi connectivity index (χ2v) is 5.06. The van der Waals surface area contributed by atoms with E-state index >= 15 is 0 Å². The minimum Gasteiger partial charge on any atom is -0.280 e. The average molecular weight is 325 g/mol. The van der Waals surface area contributed by atoms with E-state index in [2.05, 4.69) is 25.9 Å². The van der Waals surface area contributed by atoms with Crippen LogP contribution in [0.25, 0.3) is 0 Å². The largest absolute Gasteiger partial charge is 0.280 e. The molecule has 1 aliphatic heterocycles. The van der Waals surface area contributed by atoms with E-state index in [1.54, 1.807) is 0 Å². The summed E-state index contributed by atoms with van der Waals surface area (Å²) in [6.07, 6.45) is 1.98. The zero-order valence-corrected chi connectivity index (χ0v) is 11.3. The van der Waals surface area contributed by atoms with Gasteiger partial charge in [-0.1, -0.05) is 11.6 Å². The standard InChI is InChI=1S/C9H8BrCl2N3O/c10-6-3-13-9(14-8(6)12)15-4-5(2-11)1-7(15)16/h3,5H,1-2,4H2. The number of anilines is 1. The van der Waals surface area contributed by atoms with E-state index in [1.165, 1.54) is 11.1 Å². The Labute approximate surface area is 111 Å². The molecule has 86 valence electrons. The first kappa shape index (κ1) is 12.1. The number of hydrogen-bond acceptors (Lipinski definition) is 3. The molecule has 1 aliphatic rings. The van der Waals surface area contributed by atoms with Gasteiger partial charge in [-0.15, -0.1) is 11.6 Å². The number of rotatable bonds is 2. The summed E-state index contributed by atoms with van der Waals surface area (Å²) in [6.45, 7) is 0.556. The van der Waals surface area contributed by atoms with E-state index < -0.39 is 0 Å². The Balaban J connectivity index is 2.24. The van der Waals surface area contributed by atoms with E-state index in [0.29, 0.717) is 34.4 Å². The van der Waals surface area contributed by atoms with Crippen LogP contribution >= 0.6 is 39.1 Å². The predicted octanol–water partition coefficient (Wildman–Crippen LogP) is 2.48. The first-order valence-corrected chi connectivity index (χ1v) is 6.36. The van der Waals surface area contributed by atoms with Crippen molar-refractivity contribution in [2.75, 3.05) is 17.3 Å². The molecule has 0 radical (unpaired) electrons. The molecule has 1 amide bonds. The summed E-state index contributed by atoms with van der Waals surface area (Å²) in [5.41, 5.74) is 0. The van der Waals surface area contributed by atoms with Crippen LogP contribution in [-0.4, -0.2) is 28.3 Å². The lowest BCUT2D eigenvalue weighted by Crippen LogP contribution is -2.26. The number of nitrogens with zero attached hydrogens (tertiary/aromatic N) is 3. The van der Waals surface area contributed by atoms with Crippen LogP contribution in [0.4, 0.5) is 5.95 Å². The Morgan fingerprint density at radius 3 is 2.94 bits per heavy atom. The topological polar surface area (TPSA) is 46.1 Å². The fourth-order valence-corrected chi connectivity index (χ4v) is 2.07. The summed E-state index contributed by atoms with van der Waals surface area (Å²) in [5.74, 6) is 0.960. The third kappa shape index (κ3) is 2.31. The molecule has 1 aromatic rings. The highest BCUT2D eigenvalue weighted by molar-refractivity contribution is 9.10. The molecular weight excluding hydrogens is 317 g/mol. The maximum atomic E-state index is 11.7. The number of hydrogen-bond donors (Lipinski definition) is 0. The predicted molar refractivity (Wildman–Crippen MR) is 65.9 cm³/mol. The van der Waals surface area contributed by atoms with Crippen molar-refractivity contribution in [2.45, 2.75) is 6.42 Å². The van der Waals surface area contributed by atoms with Crippen LogP contribution in [0.2, 0.25) is 5.15 Å². The smallest absolute Gasteiger partial charge is 0.233 e. The highest BCUT2D eigenvalue weighted by Gasteiger charge is 2.31. The Bertz CT molecular complexity index is 429. The summed E-state index contributed by atoms with van der Waals surface area (Å²) in [5, 5.41) is 0.298. The van der Waals surface area contributed by atoms with E-state index in [9.17, 15) is 4.79 Å². The van der Waals surface area contributed by atoms with E-state index in [4.69, 9.17) is 23.2 Å². The van der Waals surface area contributed by atoms with Crippen molar-refractivity contribution >= 4 is 51.0 Å². The molecule has 0 aromatic carbocycles. The van der Waals surface area contributed by atoms with Gasteiger partial charge in [-0.3, -0.25) is 9.69 Å². The summed E-state index contributed by atoms with van der Waals surface area (Å²) in [4.78, 5) is 21.3. The molecule has 0 spiro atoms. The first-order valence-electron chi connectivity index (χ1n) is 4.66. The highest BCUT2D eigenvalue weighted by atomic mass is 79.9. The van der Waals surface area contributed by atoms with E-state index in [0.717, 1.165) is 0 Å². The summed E-state index contributed by atoms with van der Waals surface area (Å²) < 4.78 is 0.610. The van der Waals surface area contributed by atoms with Crippen molar-refractivity contribution in [1.29, 1.82) is 0 Å². The van der Waals surface area contributed by atoms with Crippen molar-refractivity contribution in [1.82, 2.24) is 9.97 Å². The van der Waals surface area contributed by atoms with Crippen LogP contribution < -0.4 is 4.90 Å². The fourth-order valence-electron chi connectivity index (χ4n) is 1.55. The Hall–Kier alpha value is -0.390. The average Bonchev–Trinajstić information content (AvgIpc) is 2.64. The second-order valence-electron chi connectivity index (χ2n) is 3.54. The molecule has 1 saturated heterocycles. The molecular formula is C9H8BrCl2N3O. The normalized spacial score (nSPS) is 20.6. The van der Waals surface area contributed by atoms with Gasteiger partial charge in [-0.05, 0) is 21.8 Å². The summed E-state index contributed by atoms with van der Waals surface area (Å²) >= 11 is 14.8. The molecule has 0 saturated carbocycles. The Morgan fingerprint density at radius 1 is 1.62 bits per heavy atom. The van der Waals surface area contributed by atoms with Crippen molar-refractivity contribution < 1.29 is 4.79 Å². The second kappa shape index (κ2) is 4.85. The van der Waals surface area contributed by atoms with Crippen LogP contribution in [0.15, 0.2) is 10.7 Å². The minimum absolute atomic E-state index is 0.0101. The number of alkyl halides is 1. The van der Waals surface area contributed by atoms with Crippen molar-refractivity contribution in [3.63, 3.8) is 0 Å². The number of halogens is 3. The Kier molecular flexibility index (Phi) is 3.66. The third-order valence-electron chi connectivity index (χ3n) is 2.35. The van der Waals surface area contributed by atoms with Crippen molar-refractivity contribution in [2.24, 2.45) is 5.92 Å². The Morgan fingerprint density at radius 2 is 2.38 bits per heavy atom. The SMILES string of the molecule is O=C1CC(CCl)CN1c1ncc(Br)c(Cl)n1. The molecule has 7 heteroatoms. The zero-order valence-electron chi connectivity index (χ0n) is 8.16. The van der Waals surface area contributed by atoms with Crippen LogP contribution in [0.5, 0.6) is 0 Å². The van der Waals surface area contributed by atoms with Gasteiger partial charge < -0.3 is 0 Å². The number of aromatic nitrogens is 2. The maximum absolute atomic E-state index is 11.7. The van der Waals surface area contributed by atoms with Crippen LogP contribution in [-0.2, 0) is 4.79 Å². The quantitative estimate of drug-likeness (QED) is 0.620. The zero-order chi connectivity index (χ0) is 11.7. The van der Waals surface area contributed by atoms with Gasteiger partial charge >= 0.3 is 0 Å². The van der Waals surface area contributed by atoms with Crippen LogP contribution in [0.1, 0.15) is 6.42 Å². The van der Waals surface area contributed by atoms with Crippen LogP contribution in [0.3, 0.4) is 0 Å². The first-order chi connectivity index (χ1) is 7.61. The molecule has 1 fully saturated rings. The molecule has 2 heterocycles. The molecule has 0 bridgehead atoms. The van der Waals surface area contributed by atoms with Gasteiger partial charge in [0.25, 0.3) is 0 Å². The van der Waals surface area contributed by atoms with E-state index in [-0.39, 0.29) is 11.8 Å². The molecule has 4 nitrogen and oxygen atoms in total.